The van der Waals surface area contributed by atoms with E-state index in [1.54, 1.807) is 49.6 Å². The molecule has 0 aromatic heterocycles. The fraction of sp³-hybridized carbons (Fsp3) is 0.105. The van der Waals surface area contributed by atoms with Crippen molar-refractivity contribution in [3.8, 4) is 5.75 Å². The normalized spacial score (nSPS) is 12.0. The van der Waals surface area contributed by atoms with Gasteiger partial charge < -0.3 is 14.8 Å². The molecule has 26 heavy (non-hydrogen) atoms. The number of hydrogen-bond donors (Lipinski definition) is 1. The van der Waals surface area contributed by atoms with Crippen LogP contribution in [-0.4, -0.2) is 28.6 Å². The minimum Gasteiger partial charge on any atom is -0.497 e. The van der Waals surface area contributed by atoms with Crippen molar-refractivity contribution in [2.75, 3.05) is 19.5 Å². The first kappa shape index (κ1) is 19.3. The Morgan fingerprint density at radius 1 is 0.962 bits per heavy atom. The number of carbonyl (C=O) groups excluding carboxylic acids is 1. The number of carbonyl (C=O) groups is 1. The van der Waals surface area contributed by atoms with Gasteiger partial charge >= 0.3 is 5.97 Å². The van der Waals surface area contributed by atoms with E-state index in [0.29, 0.717) is 11.4 Å². The van der Waals surface area contributed by atoms with Crippen LogP contribution in [0.25, 0.3) is 0 Å². The number of anilines is 1. The molecule has 7 heteroatoms. The molecule has 0 bridgehead atoms. The van der Waals surface area contributed by atoms with Gasteiger partial charge in [0.15, 0.2) is 0 Å². The van der Waals surface area contributed by atoms with Crippen molar-refractivity contribution >= 4 is 21.5 Å². The van der Waals surface area contributed by atoms with Crippen LogP contribution >= 0.6 is 0 Å². The van der Waals surface area contributed by atoms with E-state index in [4.69, 9.17) is 4.74 Å². The second-order valence-electron chi connectivity index (χ2n) is 5.09. The first-order chi connectivity index (χ1) is 12.5. The Kier molecular flexibility index (Phi) is 6.57. The van der Waals surface area contributed by atoms with E-state index in [-0.39, 0.29) is 9.80 Å². The van der Waals surface area contributed by atoms with E-state index >= 15 is 0 Å². The zero-order chi connectivity index (χ0) is 19.0. The molecule has 0 atom stereocenters. The molecule has 0 aliphatic carbocycles. The Hall–Kier alpha value is -3.06. The molecule has 0 aliphatic heterocycles. The predicted molar refractivity (Wildman–Crippen MR) is 99.5 cm³/mol. The zero-order valence-electron chi connectivity index (χ0n) is 14.4. The lowest BCUT2D eigenvalue weighted by molar-refractivity contribution is -0.134. The van der Waals surface area contributed by atoms with Gasteiger partial charge in [-0.15, -0.1) is 0 Å². The number of benzene rings is 2. The summed E-state index contributed by atoms with van der Waals surface area (Å²) in [5.74, 6) is 0.0332. The Balaban J connectivity index is 2.36. The van der Waals surface area contributed by atoms with E-state index in [2.05, 4.69) is 10.1 Å². The molecule has 0 heterocycles. The van der Waals surface area contributed by atoms with Crippen molar-refractivity contribution in [3.63, 3.8) is 0 Å². The van der Waals surface area contributed by atoms with Crippen LogP contribution < -0.4 is 10.1 Å². The predicted octanol–water partition coefficient (Wildman–Crippen LogP) is 3.15. The van der Waals surface area contributed by atoms with Gasteiger partial charge in [-0.3, -0.25) is 0 Å². The lowest BCUT2D eigenvalue weighted by atomic mass is 10.3. The summed E-state index contributed by atoms with van der Waals surface area (Å²) in [5.41, 5.74) is 0.665. The third kappa shape index (κ3) is 4.97. The SMILES string of the molecule is COC(=O)C=C/C(=C\Nc1ccc(OC)cc1)S(=O)(=O)c1ccccc1. The van der Waals surface area contributed by atoms with Gasteiger partial charge in [0.1, 0.15) is 5.75 Å². The second-order valence-corrected chi connectivity index (χ2v) is 7.04. The van der Waals surface area contributed by atoms with Gasteiger partial charge in [0.25, 0.3) is 0 Å². The maximum atomic E-state index is 12.8. The molecule has 0 amide bonds. The number of allylic oxidation sites excluding steroid dienone is 1. The van der Waals surface area contributed by atoms with Gasteiger partial charge in [0.2, 0.25) is 9.84 Å². The number of ether oxygens (including phenoxy) is 2. The smallest absolute Gasteiger partial charge is 0.330 e. The molecular formula is C19H19NO5S. The van der Waals surface area contributed by atoms with Crippen LogP contribution in [0.4, 0.5) is 5.69 Å². The van der Waals surface area contributed by atoms with Gasteiger partial charge in [0, 0.05) is 18.0 Å². The Morgan fingerprint density at radius 2 is 1.62 bits per heavy atom. The van der Waals surface area contributed by atoms with Crippen LogP contribution in [0.5, 0.6) is 5.75 Å². The summed E-state index contributed by atoms with van der Waals surface area (Å²) in [6.07, 6.45) is 3.58. The summed E-state index contributed by atoms with van der Waals surface area (Å²) in [6.45, 7) is 0. The standard InChI is InChI=1S/C19H19NO5S/c1-24-16-10-8-15(9-11-16)20-14-18(12-13-19(21)25-2)26(22,23)17-6-4-3-5-7-17/h3-14,20H,1-2H3/b13-12?,18-14+. The summed E-state index contributed by atoms with van der Waals surface area (Å²) < 4.78 is 35.3. The van der Waals surface area contributed by atoms with Gasteiger partial charge in [-0.05, 0) is 42.5 Å². The molecule has 2 rings (SSSR count). The molecule has 0 spiro atoms. The second kappa shape index (κ2) is 8.87. The van der Waals surface area contributed by atoms with Crippen LogP contribution in [0.15, 0.2) is 82.7 Å². The molecule has 0 unspecified atom stereocenters. The highest BCUT2D eigenvalue weighted by atomic mass is 32.2. The molecule has 0 saturated carbocycles. The number of sulfone groups is 1. The van der Waals surface area contributed by atoms with Crippen molar-refractivity contribution < 1.29 is 22.7 Å². The fourth-order valence-corrected chi connectivity index (χ4v) is 3.26. The number of methoxy groups -OCH3 is 2. The van der Waals surface area contributed by atoms with Crippen molar-refractivity contribution in [3.05, 3.63) is 77.9 Å². The fourth-order valence-electron chi connectivity index (χ4n) is 2.01. The highest BCUT2D eigenvalue weighted by Crippen LogP contribution is 2.21. The molecule has 2 aromatic carbocycles. The summed E-state index contributed by atoms with van der Waals surface area (Å²) in [7, 11) is -1.03. The first-order valence-electron chi connectivity index (χ1n) is 7.64. The Morgan fingerprint density at radius 3 is 2.19 bits per heavy atom. The topological polar surface area (TPSA) is 81.7 Å². The van der Waals surface area contributed by atoms with Gasteiger partial charge in [0.05, 0.1) is 24.0 Å². The summed E-state index contributed by atoms with van der Waals surface area (Å²) in [5, 5.41) is 2.91. The third-order valence-corrected chi connectivity index (χ3v) is 5.19. The molecule has 2 aromatic rings. The lowest BCUT2D eigenvalue weighted by Crippen LogP contribution is -2.06. The van der Waals surface area contributed by atoms with Crippen LogP contribution in [0.3, 0.4) is 0 Å². The summed E-state index contributed by atoms with van der Waals surface area (Å²) in [6, 6.07) is 14.9. The van der Waals surface area contributed by atoms with Crippen molar-refractivity contribution in [1.82, 2.24) is 0 Å². The summed E-state index contributed by atoms with van der Waals surface area (Å²) in [4.78, 5) is 11.4. The van der Waals surface area contributed by atoms with E-state index in [1.807, 2.05) is 0 Å². The van der Waals surface area contributed by atoms with E-state index in [1.165, 1.54) is 31.5 Å². The number of rotatable bonds is 7. The Labute approximate surface area is 152 Å². The van der Waals surface area contributed by atoms with Crippen LogP contribution in [-0.2, 0) is 19.4 Å². The molecule has 136 valence electrons. The van der Waals surface area contributed by atoms with E-state index < -0.39 is 15.8 Å². The highest BCUT2D eigenvalue weighted by Gasteiger charge is 2.18. The van der Waals surface area contributed by atoms with Gasteiger partial charge in [-0.1, -0.05) is 18.2 Å². The molecule has 6 nitrogen and oxygen atoms in total. The molecule has 0 aliphatic rings. The number of nitrogens with one attached hydrogen (secondary N) is 1. The average Bonchev–Trinajstić information content (AvgIpc) is 2.68. The number of esters is 1. The third-order valence-electron chi connectivity index (χ3n) is 3.42. The molecule has 0 saturated heterocycles. The quantitative estimate of drug-likeness (QED) is 0.456. The first-order valence-corrected chi connectivity index (χ1v) is 9.12. The highest BCUT2D eigenvalue weighted by molar-refractivity contribution is 7.95. The van der Waals surface area contributed by atoms with Crippen LogP contribution in [0.1, 0.15) is 0 Å². The lowest BCUT2D eigenvalue weighted by Gasteiger charge is -2.08. The monoisotopic (exact) mass is 373 g/mol. The van der Waals surface area contributed by atoms with Gasteiger partial charge in [-0.2, -0.15) is 0 Å². The van der Waals surface area contributed by atoms with Crippen LogP contribution in [0, 0.1) is 0 Å². The van der Waals surface area contributed by atoms with Crippen LogP contribution in [0.2, 0.25) is 0 Å². The van der Waals surface area contributed by atoms with Crippen molar-refractivity contribution in [2.45, 2.75) is 4.90 Å². The van der Waals surface area contributed by atoms with E-state index in [0.717, 1.165) is 6.08 Å². The van der Waals surface area contributed by atoms with Crippen molar-refractivity contribution in [2.24, 2.45) is 0 Å². The maximum Gasteiger partial charge on any atom is 0.330 e. The number of hydrogen-bond acceptors (Lipinski definition) is 6. The zero-order valence-corrected chi connectivity index (χ0v) is 15.2. The maximum absolute atomic E-state index is 12.8. The minimum absolute atomic E-state index is 0.0788. The summed E-state index contributed by atoms with van der Waals surface area (Å²) >= 11 is 0. The minimum atomic E-state index is -3.81. The van der Waals surface area contributed by atoms with E-state index in [9.17, 15) is 13.2 Å². The molecule has 0 fully saturated rings. The Bertz CT molecular complexity index is 901. The van der Waals surface area contributed by atoms with Crippen molar-refractivity contribution in [1.29, 1.82) is 0 Å². The molecular weight excluding hydrogens is 354 g/mol. The molecule has 1 N–H and O–H groups in total. The van der Waals surface area contributed by atoms with Gasteiger partial charge in [-0.25, -0.2) is 13.2 Å². The molecule has 0 radical (unpaired) electrons. The largest absolute Gasteiger partial charge is 0.497 e. The average molecular weight is 373 g/mol.